The summed E-state index contributed by atoms with van der Waals surface area (Å²) in [7, 11) is 7.30. The van der Waals surface area contributed by atoms with Gasteiger partial charge in [0.05, 0.1) is 6.20 Å². The molecule has 0 aliphatic rings. The van der Waals surface area contributed by atoms with Crippen LogP contribution >= 0.6 is 0 Å². The summed E-state index contributed by atoms with van der Waals surface area (Å²) in [6.45, 7) is 0. The lowest BCUT2D eigenvalue weighted by atomic mass is 10.6. The first-order valence-electron chi connectivity index (χ1n) is 4.75. The van der Waals surface area contributed by atoms with Crippen LogP contribution in [0.2, 0.25) is 0 Å². The van der Waals surface area contributed by atoms with Crippen LogP contribution in [-0.2, 0) is 0 Å². The summed E-state index contributed by atoms with van der Waals surface area (Å²) in [6, 6.07) is 2.69. The summed E-state index contributed by atoms with van der Waals surface area (Å²) in [4.78, 5) is 8.87. The zero-order valence-corrected chi connectivity index (χ0v) is 9.88. The third-order valence-electron chi connectivity index (χ3n) is 1.79. The largest absolute Gasteiger partial charge is 0.492 e. The number of nitrogens with zero attached hydrogens (tertiary/aromatic N) is 3. The number of aromatic hydroxyl groups is 2. The monoisotopic (exact) mass is 227 g/mol. The Morgan fingerprint density at radius 1 is 1.19 bits per heavy atom. The molecule has 0 spiro atoms. The van der Waals surface area contributed by atoms with Crippen molar-refractivity contribution in [1.29, 1.82) is 0 Å². The summed E-state index contributed by atoms with van der Waals surface area (Å²) < 4.78 is 0.940. The molecule has 6 nitrogen and oxygen atoms in total. The number of rotatable bonds is 4. The third kappa shape index (κ3) is 2.75. The van der Waals surface area contributed by atoms with Crippen LogP contribution in [0.4, 0.5) is 0 Å². The Kier molecular flexibility index (Phi) is 3.55. The van der Waals surface area contributed by atoms with E-state index in [4.69, 9.17) is 4.84 Å². The molecule has 0 atom stereocenters. The Labute approximate surface area is 94.5 Å². The van der Waals surface area contributed by atoms with E-state index in [1.165, 1.54) is 12.1 Å². The van der Waals surface area contributed by atoms with E-state index in [9.17, 15) is 10.2 Å². The van der Waals surface area contributed by atoms with E-state index >= 15 is 0 Å². The molecule has 1 heterocycles. The maximum Gasteiger partial charge on any atom is 0.239 e. The van der Waals surface area contributed by atoms with Gasteiger partial charge in [0.25, 0.3) is 0 Å². The van der Waals surface area contributed by atoms with Crippen molar-refractivity contribution < 1.29 is 15.1 Å². The van der Waals surface area contributed by atoms with Crippen LogP contribution in [0.25, 0.3) is 0 Å². The van der Waals surface area contributed by atoms with Crippen LogP contribution in [0.5, 0.6) is 11.8 Å². The zero-order valence-electron chi connectivity index (χ0n) is 9.88. The highest BCUT2D eigenvalue weighted by Crippen LogP contribution is 2.20. The standard InChI is InChI=1S/C10H17N3O3/c1-11(2)7-10(12(3)4)16-13-8(14)5-6-9(13)15/h5-7,14-15H,1-4H3. The normalized spacial score (nSPS) is 11.4. The van der Waals surface area contributed by atoms with E-state index in [0.29, 0.717) is 5.88 Å². The maximum atomic E-state index is 9.41. The van der Waals surface area contributed by atoms with Gasteiger partial charge in [-0.3, -0.25) is 0 Å². The summed E-state index contributed by atoms with van der Waals surface area (Å²) in [6.07, 6.45) is 1.72. The minimum Gasteiger partial charge on any atom is -0.492 e. The van der Waals surface area contributed by atoms with Gasteiger partial charge in [0.2, 0.25) is 17.6 Å². The van der Waals surface area contributed by atoms with Gasteiger partial charge in [-0.15, -0.1) is 4.73 Å². The van der Waals surface area contributed by atoms with Gasteiger partial charge in [-0.1, -0.05) is 0 Å². The number of hydrogen-bond donors (Lipinski definition) is 2. The Morgan fingerprint density at radius 3 is 2.06 bits per heavy atom. The summed E-state index contributed by atoms with van der Waals surface area (Å²) in [5, 5.41) is 18.8. The van der Waals surface area contributed by atoms with Crippen molar-refractivity contribution in [2.75, 3.05) is 28.2 Å². The second-order valence-electron chi connectivity index (χ2n) is 3.76. The van der Waals surface area contributed by atoms with E-state index in [0.717, 1.165) is 4.73 Å². The van der Waals surface area contributed by atoms with Gasteiger partial charge in [-0.05, 0) is 0 Å². The summed E-state index contributed by atoms with van der Waals surface area (Å²) in [5.41, 5.74) is 0. The van der Waals surface area contributed by atoms with Crippen LogP contribution in [0.15, 0.2) is 24.2 Å². The summed E-state index contributed by atoms with van der Waals surface area (Å²) >= 11 is 0. The molecule has 6 heteroatoms. The Hall–Kier alpha value is -1.98. The summed E-state index contributed by atoms with van der Waals surface area (Å²) in [5.74, 6) is 0.153. The molecule has 2 N–H and O–H groups in total. The Morgan fingerprint density at radius 2 is 1.69 bits per heavy atom. The van der Waals surface area contributed by atoms with Crippen molar-refractivity contribution in [3.63, 3.8) is 0 Å². The molecule has 0 radical (unpaired) electrons. The molecule has 1 aromatic heterocycles. The van der Waals surface area contributed by atoms with Crippen molar-refractivity contribution in [1.82, 2.24) is 14.5 Å². The minimum atomic E-state index is -0.163. The molecule has 90 valence electrons. The Bertz CT molecular complexity index is 363. The lowest BCUT2D eigenvalue weighted by Crippen LogP contribution is -2.24. The van der Waals surface area contributed by atoms with Gasteiger partial charge in [0, 0.05) is 40.3 Å². The SMILES string of the molecule is CN(C)C=C(On1c(O)ccc1O)N(C)C. The average Bonchev–Trinajstić information content (AvgIpc) is 2.47. The molecule has 0 saturated heterocycles. The van der Waals surface area contributed by atoms with Gasteiger partial charge in [-0.25, -0.2) is 0 Å². The van der Waals surface area contributed by atoms with E-state index in [1.54, 1.807) is 30.1 Å². The number of aromatic nitrogens is 1. The van der Waals surface area contributed by atoms with E-state index in [2.05, 4.69) is 0 Å². The second-order valence-corrected chi connectivity index (χ2v) is 3.76. The molecule has 0 aromatic carbocycles. The van der Waals surface area contributed by atoms with E-state index in [-0.39, 0.29) is 11.8 Å². The molecule has 1 rings (SSSR count). The van der Waals surface area contributed by atoms with Gasteiger partial charge < -0.3 is 24.9 Å². The van der Waals surface area contributed by atoms with Crippen LogP contribution in [0, 0.1) is 0 Å². The molecular weight excluding hydrogens is 210 g/mol. The molecule has 0 unspecified atom stereocenters. The molecule has 0 aliphatic heterocycles. The Balaban J connectivity index is 2.93. The predicted octanol–water partition coefficient (Wildman–Crippen LogP) is 0.250. The van der Waals surface area contributed by atoms with Crippen molar-refractivity contribution in [2.24, 2.45) is 0 Å². The fourth-order valence-electron chi connectivity index (χ4n) is 1.03. The van der Waals surface area contributed by atoms with Crippen LogP contribution < -0.4 is 4.84 Å². The highest BCUT2D eigenvalue weighted by atomic mass is 16.7. The maximum absolute atomic E-state index is 9.41. The number of hydrogen-bond acceptors (Lipinski definition) is 5. The van der Waals surface area contributed by atoms with Gasteiger partial charge in [-0.2, -0.15) is 0 Å². The van der Waals surface area contributed by atoms with Gasteiger partial charge >= 0.3 is 0 Å². The highest BCUT2D eigenvalue weighted by Gasteiger charge is 2.11. The molecule has 1 aromatic rings. The molecular formula is C10H17N3O3. The molecule has 0 saturated carbocycles. The van der Waals surface area contributed by atoms with Crippen molar-refractivity contribution >= 4 is 0 Å². The first-order valence-corrected chi connectivity index (χ1v) is 4.75. The average molecular weight is 227 g/mol. The fourth-order valence-corrected chi connectivity index (χ4v) is 1.03. The van der Waals surface area contributed by atoms with Gasteiger partial charge in [0.15, 0.2) is 0 Å². The van der Waals surface area contributed by atoms with Crippen molar-refractivity contribution in [3.8, 4) is 11.8 Å². The van der Waals surface area contributed by atoms with Crippen LogP contribution in [-0.4, -0.2) is 52.9 Å². The molecule has 0 fully saturated rings. The molecule has 16 heavy (non-hydrogen) atoms. The first kappa shape index (κ1) is 12.1. The van der Waals surface area contributed by atoms with Crippen LogP contribution in [0.3, 0.4) is 0 Å². The molecule has 0 amide bonds. The fraction of sp³-hybridized carbons (Fsp3) is 0.400. The smallest absolute Gasteiger partial charge is 0.239 e. The second kappa shape index (κ2) is 4.69. The zero-order chi connectivity index (χ0) is 12.3. The first-order chi connectivity index (χ1) is 7.41. The highest BCUT2D eigenvalue weighted by molar-refractivity contribution is 5.22. The van der Waals surface area contributed by atoms with E-state index in [1.807, 2.05) is 14.1 Å². The van der Waals surface area contributed by atoms with Crippen molar-refractivity contribution in [3.05, 3.63) is 24.2 Å². The lowest BCUT2D eigenvalue weighted by Gasteiger charge is -2.20. The van der Waals surface area contributed by atoms with Gasteiger partial charge in [0.1, 0.15) is 0 Å². The third-order valence-corrected chi connectivity index (χ3v) is 1.79. The topological polar surface area (TPSA) is 61.1 Å². The molecule has 0 bridgehead atoms. The molecule has 0 aliphatic carbocycles. The van der Waals surface area contributed by atoms with Crippen molar-refractivity contribution in [2.45, 2.75) is 0 Å². The lowest BCUT2D eigenvalue weighted by molar-refractivity contribution is 0.0823. The quantitative estimate of drug-likeness (QED) is 0.722. The van der Waals surface area contributed by atoms with Crippen LogP contribution in [0.1, 0.15) is 0 Å². The minimum absolute atomic E-state index is 0.163. The van der Waals surface area contributed by atoms with E-state index < -0.39 is 0 Å². The predicted molar refractivity (Wildman–Crippen MR) is 59.8 cm³/mol.